The van der Waals surface area contributed by atoms with E-state index in [0.29, 0.717) is 5.41 Å². The van der Waals surface area contributed by atoms with E-state index in [9.17, 15) is 0 Å². The van der Waals surface area contributed by atoms with Crippen molar-refractivity contribution in [3.63, 3.8) is 0 Å². The Morgan fingerprint density at radius 2 is 2.00 bits per heavy atom. The van der Waals surface area contributed by atoms with Crippen molar-refractivity contribution < 1.29 is 0 Å². The summed E-state index contributed by atoms with van der Waals surface area (Å²) in [4.78, 5) is 2.49. The van der Waals surface area contributed by atoms with E-state index in [4.69, 9.17) is 0 Å². The van der Waals surface area contributed by atoms with Crippen molar-refractivity contribution in [3.05, 3.63) is 0 Å². The molecule has 1 heterocycles. The fourth-order valence-electron chi connectivity index (χ4n) is 2.61. The van der Waals surface area contributed by atoms with Crippen molar-refractivity contribution in [1.29, 1.82) is 0 Å². The summed E-state index contributed by atoms with van der Waals surface area (Å²) in [6, 6.07) is 0.818. The van der Waals surface area contributed by atoms with Crippen LogP contribution in [-0.4, -0.2) is 37.6 Å². The Morgan fingerprint density at radius 1 is 1.36 bits per heavy atom. The molecule has 2 fully saturated rings. The van der Waals surface area contributed by atoms with Crippen LogP contribution < -0.4 is 5.32 Å². The molecule has 84 valence electrons. The van der Waals surface area contributed by atoms with Gasteiger partial charge in [0.1, 0.15) is 0 Å². The van der Waals surface area contributed by atoms with E-state index in [2.05, 4.69) is 24.2 Å². The van der Waals surface area contributed by atoms with Gasteiger partial charge in [-0.05, 0) is 44.8 Å². The van der Waals surface area contributed by atoms with Crippen LogP contribution in [-0.2, 0) is 0 Å². The predicted molar refractivity (Wildman–Crippen MR) is 62.6 cm³/mol. The van der Waals surface area contributed by atoms with Gasteiger partial charge >= 0.3 is 0 Å². The zero-order valence-corrected chi connectivity index (χ0v) is 10.3. The number of nitrogens with zero attached hydrogens (tertiary/aromatic N) is 1. The first-order valence-corrected chi connectivity index (χ1v) is 6.19. The maximum Gasteiger partial charge on any atom is 0.0148 e. The Hall–Kier alpha value is -0.0800. The standard InChI is InChI=1S/C10H20N2.C2H6/c1-3-11-9-4-7-12(2)8-10(9)5-6-10;1-2/h9,11H,3-8H2,1-2H3;1-2H3. The molecule has 1 aliphatic heterocycles. The Balaban J connectivity index is 0.000000461. The molecular formula is C12H26N2. The summed E-state index contributed by atoms with van der Waals surface area (Å²) in [5.74, 6) is 0. The lowest BCUT2D eigenvalue weighted by Crippen LogP contribution is -2.49. The smallest absolute Gasteiger partial charge is 0.0148 e. The summed E-state index contributed by atoms with van der Waals surface area (Å²) in [5.41, 5.74) is 0.684. The molecule has 0 bridgehead atoms. The maximum atomic E-state index is 3.63. The first-order valence-electron chi connectivity index (χ1n) is 6.19. The fourth-order valence-corrected chi connectivity index (χ4v) is 2.61. The van der Waals surface area contributed by atoms with Gasteiger partial charge in [0.05, 0.1) is 0 Å². The molecular weight excluding hydrogens is 172 g/mol. The lowest BCUT2D eigenvalue weighted by atomic mass is 9.89. The van der Waals surface area contributed by atoms with Gasteiger partial charge in [-0.2, -0.15) is 0 Å². The van der Waals surface area contributed by atoms with Gasteiger partial charge < -0.3 is 10.2 Å². The number of rotatable bonds is 2. The van der Waals surface area contributed by atoms with Gasteiger partial charge in [0.25, 0.3) is 0 Å². The quantitative estimate of drug-likeness (QED) is 0.731. The van der Waals surface area contributed by atoms with E-state index in [-0.39, 0.29) is 0 Å². The van der Waals surface area contributed by atoms with Crippen LogP contribution >= 0.6 is 0 Å². The minimum atomic E-state index is 0.684. The van der Waals surface area contributed by atoms with Crippen molar-refractivity contribution in [2.24, 2.45) is 5.41 Å². The highest BCUT2D eigenvalue weighted by Crippen LogP contribution is 2.51. The molecule has 1 spiro atoms. The molecule has 1 aliphatic carbocycles. The Bertz CT molecular complexity index is 164. The maximum absolute atomic E-state index is 3.63. The van der Waals surface area contributed by atoms with E-state index in [1.54, 1.807) is 0 Å². The number of piperidine rings is 1. The molecule has 1 atom stereocenters. The van der Waals surface area contributed by atoms with Gasteiger partial charge in [-0.3, -0.25) is 0 Å². The van der Waals surface area contributed by atoms with Gasteiger partial charge in [-0.1, -0.05) is 20.8 Å². The average Bonchev–Trinajstić information content (AvgIpc) is 2.95. The molecule has 14 heavy (non-hydrogen) atoms. The number of likely N-dealkylation sites (tertiary alicyclic amines) is 1. The zero-order chi connectivity index (χ0) is 10.6. The summed E-state index contributed by atoms with van der Waals surface area (Å²) >= 11 is 0. The van der Waals surface area contributed by atoms with Crippen LogP contribution in [0.25, 0.3) is 0 Å². The molecule has 0 aromatic rings. The second kappa shape index (κ2) is 5.13. The first kappa shape index (κ1) is 12.0. The minimum Gasteiger partial charge on any atom is -0.314 e. The normalized spacial score (nSPS) is 29.6. The van der Waals surface area contributed by atoms with Crippen molar-refractivity contribution in [3.8, 4) is 0 Å². The van der Waals surface area contributed by atoms with Crippen molar-refractivity contribution in [2.75, 3.05) is 26.7 Å². The molecule has 2 nitrogen and oxygen atoms in total. The van der Waals surface area contributed by atoms with Crippen molar-refractivity contribution in [1.82, 2.24) is 10.2 Å². The van der Waals surface area contributed by atoms with Crippen LogP contribution in [0.1, 0.15) is 40.0 Å². The highest BCUT2D eigenvalue weighted by atomic mass is 15.1. The predicted octanol–water partition coefficient (Wildman–Crippen LogP) is 2.11. The second-order valence-corrected chi connectivity index (χ2v) is 4.50. The topological polar surface area (TPSA) is 15.3 Å². The van der Waals surface area contributed by atoms with Gasteiger partial charge in [0.2, 0.25) is 0 Å². The fraction of sp³-hybridized carbons (Fsp3) is 1.00. The van der Waals surface area contributed by atoms with E-state index in [1.165, 1.54) is 32.4 Å². The number of nitrogens with one attached hydrogen (secondary N) is 1. The summed E-state index contributed by atoms with van der Waals surface area (Å²) in [5, 5.41) is 3.63. The first-order chi connectivity index (χ1) is 6.77. The van der Waals surface area contributed by atoms with Crippen LogP contribution in [0.15, 0.2) is 0 Å². The number of hydrogen-bond acceptors (Lipinski definition) is 2. The van der Waals surface area contributed by atoms with Crippen LogP contribution in [0.3, 0.4) is 0 Å². The molecule has 0 radical (unpaired) electrons. The molecule has 1 saturated carbocycles. The van der Waals surface area contributed by atoms with Gasteiger partial charge in [0.15, 0.2) is 0 Å². The van der Waals surface area contributed by atoms with Crippen molar-refractivity contribution in [2.45, 2.75) is 46.1 Å². The molecule has 1 saturated heterocycles. The van der Waals surface area contributed by atoms with Crippen molar-refractivity contribution >= 4 is 0 Å². The highest BCUT2D eigenvalue weighted by Gasteiger charge is 2.51. The van der Waals surface area contributed by atoms with Gasteiger partial charge in [0, 0.05) is 12.6 Å². The van der Waals surface area contributed by atoms with Crippen LogP contribution in [0.5, 0.6) is 0 Å². The average molecular weight is 198 g/mol. The van der Waals surface area contributed by atoms with Crippen LogP contribution in [0.2, 0.25) is 0 Å². The minimum absolute atomic E-state index is 0.684. The van der Waals surface area contributed by atoms with E-state index in [0.717, 1.165) is 12.6 Å². The molecule has 1 N–H and O–H groups in total. The lowest BCUT2D eigenvalue weighted by molar-refractivity contribution is 0.148. The lowest BCUT2D eigenvalue weighted by Gasteiger charge is -2.37. The second-order valence-electron chi connectivity index (χ2n) is 4.50. The van der Waals surface area contributed by atoms with E-state index < -0.39 is 0 Å². The molecule has 2 heteroatoms. The third kappa shape index (κ3) is 2.48. The third-order valence-corrected chi connectivity index (χ3v) is 3.47. The molecule has 1 unspecified atom stereocenters. The summed E-state index contributed by atoms with van der Waals surface area (Å²) in [6.07, 6.45) is 4.26. The van der Waals surface area contributed by atoms with E-state index >= 15 is 0 Å². The summed E-state index contributed by atoms with van der Waals surface area (Å²) in [7, 11) is 2.25. The molecule has 0 aromatic carbocycles. The Labute approximate surface area is 89.1 Å². The van der Waals surface area contributed by atoms with Crippen LogP contribution in [0.4, 0.5) is 0 Å². The third-order valence-electron chi connectivity index (χ3n) is 3.47. The SMILES string of the molecule is CC.CCNC1CCN(C)CC12CC2. The Kier molecular flexibility index (Phi) is 4.39. The highest BCUT2D eigenvalue weighted by molar-refractivity contribution is 5.06. The summed E-state index contributed by atoms with van der Waals surface area (Å²) < 4.78 is 0. The monoisotopic (exact) mass is 198 g/mol. The zero-order valence-electron chi connectivity index (χ0n) is 10.3. The largest absolute Gasteiger partial charge is 0.314 e. The van der Waals surface area contributed by atoms with Gasteiger partial charge in [-0.25, -0.2) is 0 Å². The number of hydrogen-bond donors (Lipinski definition) is 1. The van der Waals surface area contributed by atoms with Gasteiger partial charge in [-0.15, -0.1) is 0 Å². The van der Waals surface area contributed by atoms with E-state index in [1.807, 2.05) is 13.8 Å². The molecule has 2 rings (SSSR count). The molecule has 2 aliphatic rings. The molecule has 0 aromatic heterocycles. The molecule has 0 amide bonds. The summed E-state index contributed by atoms with van der Waals surface area (Å²) in [6.45, 7) is 9.95. The Morgan fingerprint density at radius 3 is 2.50 bits per heavy atom. The van der Waals surface area contributed by atoms with Crippen LogP contribution in [0, 0.1) is 5.41 Å².